The molecule has 6 heteroatoms. The smallest absolute Gasteiger partial charge is 0.266 e. The van der Waals surface area contributed by atoms with Crippen LogP contribution in [0.25, 0.3) is 10.8 Å². The molecule has 1 aromatic heterocycles. The van der Waals surface area contributed by atoms with Crippen LogP contribution in [0.5, 0.6) is 0 Å². The number of carbonyl (C=O) groups is 1. The highest BCUT2D eigenvalue weighted by atomic mass is 32.2. The van der Waals surface area contributed by atoms with Crippen LogP contribution < -0.4 is 4.72 Å². The highest BCUT2D eigenvalue weighted by Crippen LogP contribution is 2.16. The molecule has 0 spiro atoms. The molecule has 0 saturated carbocycles. The standard InChI is InChI=1S/C14H16N2O3S/c1-2-3-10-20(18,19)16-14(17)13-12-7-5-4-6-11(12)8-9-15-13/h4-9H,2-3,10H2,1H3,(H,16,17). The Balaban J connectivity index is 2.28. The first-order valence-corrected chi connectivity index (χ1v) is 8.07. The molecule has 0 aliphatic carbocycles. The summed E-state index contributed by atoms with van der Waals surface area (Å²) in [7, 11) is -3.60. The zero-order chi connectivity index (χ0) is 14.6. The molecular weight excluding hydrogens is 276 g/mol. The van der Waals surface area contributed by atoms with Crippen LogP contribution in [0.4, 0.5) is 0 Å². The third-order valence-electron chi connectivity index (χ3n) is 2.90. The number of hydrogen-bond donors (Lipinski definition) is 1. The summed E-state index contributed by atoms with van der Waals surface area (Å²) >= 11 is 0. The average Bonchev–Trinajstić information content (AvgIpc) is 2.44. The van der Waals surface area contributed by atoms with Gasteiger partial charge in [-0.3, -0.25) is 9.78 Å². The molecule has 2 rings (SSSR count). The fourth-order valence-corrected chi connectivity index (χ4v) is 3.03. The average molecular weight is 292 g/mol. The van der Waals surface area contributed by atoms with Gasteiger partial charge in [-0.2, -0.15) is 0 Å². The monoisotopic (exact) mass is 292 g/mol. The second-order valence-corrected chi connectivity index (χ2v) is 6.33. The number of pyridine rings is 1. The van der Waals surface area contributed by atoms with Gasteiger partial charge < -0.3 is 0 Å². The minimum Gasteiger partial charge on any atom is -0.266 e. The molecule has 1 amide bonds. The van der Waals surface area contributed by atoms with E-state index in [1.54, 1.807) is 18.2 Å². The number of nitrogens with one attached hydrogen (secondary N) is 1. The highest BCUT2D eigenvalue weighted by Gasteiger charge is 2.18. The Morgan fingerprint density at radius 3 is 2.75 bits per heavy atom. The molecule has 2 aromatic rings. The van der Waals surface area contributed by atoms with Crippen LogP contribution in [0.15, 0.2) is 36.5 Å². The zero-order valence-corrected chi connectivity index (χ0v) is 12.0. The van der Waals surface area contributed by atoms with Gasteiger partial charge in [0.25, 0.3) is 5.91 Å². The van der Waals surface area contributed by atoms with Gasteiger partial charge in [0, 0.05) is 11.6 Å². The van der Waals surface area contributed by atoms with Crippen molar-refractivity contribution in [2.75, 3.05) is 5.75 Å². The first kappa shape index (κ1) is 14.5. The number of unbranched alkanes of at least 4 members (excludes halogenated alkanes) is 1. The molecule has 0 atom stereocenters. The molecule has 0 aliphatic heterocycles. The van der Waals surface area contributed by atoms with Gasteiger partial charge in [0.2, 0.25) is 10.0 Å². The van der Waals surface area contributed by atoms with Gasteiger partial charge in [0.05, 0.1) is 5.75 Å². The van der Waals surface area contributed by atoms with E-state index in [0.717, 1.165) is 11.8 Å². The lowest BCUT2D eigenvalue weighted by Crippen LogP contribution is -2.33. The lowest BCUT2D eigenvalue weighted by molar-refractivity contribution is 0.0978. The summed E-state index contributed by atoms with van der Waals surface area (Å²) in [6.45, 7) is 1.89. The maximum Gasteiger partial charge on any atom is 0.283 e. The van der Waals surface area contributed by atoms with E-state index >= 15 is 0 Å². The lowest BCUT2D eigenvalue weighted by Gasteiger charge is -2.07. The number of amides is 1. The van der Waals surface area contributed by atoms with E-state index in [-0.39, 0.29) is 11.4 Å². The molecule has 0 fully saturated rings. The Bertz CT molecular complexity index is 721. The van der Waals surface area contributed by atoms with Crippen molar-refractivity contribution in [3.63, 3.8) is 0 Å². The minimum absolute atomic E-state index is 0.0555. The van der Waals surface area contributed by atoms with Crippen LogP contribution in [0.2, 0.25) is 0 Å². The number of hydrogen-bond acceptors (Lipinski definition) is 4. The summed E-state index contributed by atoms with van der Waals surface area (Å²) < 4.78 is 25.6. The van der Waals surface area contributed by atoms with Crippen molar-refractivity contribution in [1.29, 1.82) is 0 Å². The Morgan fingerprint density at radius 2 is 2.00 bits per heavy atom. The summed E-state index contributed by atoms with van der Waals surface area (Å²) in [4.78, 5) is 16.1. The second-order valence-electron chi connectivity index (χ2n) is 4.48. The van der Waals surface area contributed by atoms with Crippen molar-refractivity contribution >= 4 is 26.7 Å². The molecule has 0 bridgehead atoms. The quantitative estimate of drug-likeness (QED) is 0.915. The first-order chi connectivity index (χ1) is 9.53. The molecular formula is C14H16N2O3S. The zero-order valence-electron chi connectivity index (χ0n) is 11.2. The van der Waals surface area contributed by atoms with Crippen molar-refractivity contribution < 1.29 is 13.2 Å². The molecule has 0 aliphatic rings. The fourth-order valence-electron chi connectivity index (χ4n) is 1.88. The van der Waals surface area contributed by atoms with E-state index in [1.807, 2.05) is 19.1 Å². The van der Waals surface area contributed by atoms with Crippen molar-refractivity contribution in [3.8, 4) is 0 Å². The van der Waals surface area contributed by atoms with E-state index in [9.17, 15) is 13.2 Å². The predicted molar refractivity (Wildman–Crippen MR) is 77.9 cm³/mol. The second kappa shape index (κ2) is 6.00. The maximum atomic E-state index is 12.1. The topological polar surface area (TPSA) is 76.1 Å². The number of rotatable bonds is 5. The Kier molecular flexibility index (Phi) is 4.34. The molecule has 0 saturated heterocycles. The number of nitrogens with zero attached hydrogens (tertiary/aromatic N) is 1. The van der Waals surface area contributed by atoms with Gasteiger partial charge in [-0.25, -0.2) is 13.1 Å². The van der Waals surface area contributed by atoms with Gasteiger partial charge in [0.1, 0.15) is 5.69 Å². The third-order valence-corrected chi connectivity index (χ3v) is 4.23. The van der Waals surface area contributed by atoms with Crippen LogP contribution in [-0.4, -0.2) is 25.1 Å². The van der Waals surface area contributed by atoms with Crippen molar-refractivity contribution in [2.24, 2.45) is 0 Å². The Hall–Kier alpha value is -1.95. The number of aromatic nitrogens is 1. The van der Waals surface area contributed by atoms with E-state index in [4.69, 9.17) is 0 Å². The number of carbonyl (C=O) groups excluding carboxylic acids is 1. The van der Waals surface area contributed by atoms with Crippen LogP contribution in [-0.2, 0) is 10.0 Å². The molecule has 5 nitrogen and oxygen atoms in total. The Labute approximate surface area is 118 Å². The summed E-state index contributed by atoms with van der Waals surface area (Å²) in [5.74, 6) is -0.738. The predicted octanol–water partition coefficient (Wildman–Crippen LogP) is 2.09. The van der Waals surface area contributed by atoms with Crippen LogP contribution >= 0.6 is 0 Å². The molecule has 1 heterocycles. The summed E-state index contributed by atoms with van der Waals surface area (Å²) in [6, 6.07) is 9.00. The minimum atomic E-state index is -3.60. The molecule has 106 valence electrons. The largest absolute Gasteiger partial charge is 0.283 e. The number of sulfonamides is 1. The van der Waals surface area contributed by atoms with E-state index in [1.165, 1.54) is 6.20 Å². The molecule has 0 unspecified atom stereocenters. The van der Waals surface area contributed by atoms with Gasteiger partial charge in [-0.05, 0) is 17.9 Å². The van der Waals surface area contributed by atoms with Crippen LogP contribution in [0.3, 0.4) is 0 Å². The van der Waals surface area contributed by atoms with E-state index < -0.39 is 15.9 Å². The summed E-state index contributed by atoms with van der Waals surface area (Å²) in [6.07, 6.45) is 2.77. The summed E-state index contributed by atoms with van der Waals surface area (Å²) in [5, 5.41) is 1.48. The third kappa shape index (κ3) is 3.33. The maximum absolute atomic E-state index is 12.1. The molecule has 20 heavy (non-hydrogen) atoms. The number of fused-ring (bicyclic) bond motifs is 1. The van der Waals surface area contributed by atoms with Gasteiger partial charge >= 0.3 is 0 Å². The fraction of sp³-hybridized carbons (Fsp3) is 0.286. The van der Waals surface area contributed by atoms with Gasteiger partial charge in [0.15, 0.2) is 0 Å². The van der Waals surface area contributed by atoms with Gasteiger partial charge in [-0.1, -0.05) is 37.6 Å². The number of benzene rings is 1. The first-order valence-electron chi connectivity index (χ1n) is 6.42. The van der Waals surface area contributed by atoms with Crippen LogP contribution in [0, 0.1) is 0 Å². The van der Waals surface area contributed by atoms with Gasteiger partial charge in [-0.15, -0.1) is 0 Å². The highest BCUT2D eigenvalue weighted by molar-refractivity contribution is 7.90. The van der Waals surface area contributed by atoms with E-state index in [0.29, 0.717) is 11.8 Å². The van der Waals surface area contributed by atoms with E-state index in [2.05, 4.69) is 9.71 Å². The lowest BCUT2D eigenvalue weighted by atomic mass is 10.1. The SMILES string of the molecule is CCCCS(=O)(=O)NC(=O)c1nccc2ccccc12. The molecule has 1 aromatic carbocycles. The van der Waals surface area contributed by atoms with Crippen molar-refractivity contribution in [2.45, 2.75) is 19.8 Å². The molecule has 1 N–H and O–H groups in total. The van der Waals surface area contributed by atoms with Crippen LogP contribution in [0.1, 0.15) is 30.3 Å². The van der Waals surface area contributed by atoms with Crippen molar-refractivity contribution in [3.05, 3.63) is 42.2 Å². The normalized spacial score (nSPS) is 11.4. The van der Waals surface area contributed by atoms with Crippen molar-refractivity contribution in [1.82, 2.24) is 9.71 Å². The molecule has 0 radical (unpaired) electrons. The summed E-state index contributed by atoms with van der Waals surface area (Å²) in [5.41, 5.74) is 0.128. The Morgan fingerprint density at radius 1 is 1.25 bits per heavy atom.